The first-order valence-corrected chi connectivity index (χ1v) is 8.82. The van der Waals surface area contributed by atoms with E-state index in [4.69, 9.17) is 21.1 Å². The van der Waals surface area contributed by atoms with Crippen LogP contribution in [0.15, 0.2) is 48.5 Å². The summed E-state index contributed by atoms with van der Waals surface area (Å²) in [7, 11) is 0. The van der Waals surface area contributed by atoms with Gasteiger partial charge >= 0.3 is 0 Å². The van der Waals surface area contributed by atoms with Crippen molar-refractivity contribution < 1.29 is 19.1 Å². The van der Waals surface area contributed by atoms with Crippen molar-refractivity contribution in [3.63, 3.8) is 0 Å². The molecule has 0 atom stereocenters. The summed E-state index contributed by atoms with van der Waals surface area (Å²) < 4.78 is 10.7. The van der Waals surface area contributed by atoms with Crippen LogP contribution in [0.5, 0.6) is 11.5 Å². The van der Waals surface area contributed by atoms with Crippen molar-refractivity contribution >= 4 is 23.4 Å². The highest BCUT2D eigenvalue weighted by Gasteiger charge is 2.13. The standard InChI is InChI=1S/C20H23ClN2O4/c1-20(2,3)14-8-10-15(11-9-14)26-12-18(24)22-23-19(25)13-27-17-7-5-4-6-16(17)21/h4-11H,12-13H2,1-3H3,(H,22,24)(H,23,25). The lowest BCUT2D eigenvalue weighted by molar-refractivity contribution is -0.131. The number of benzene rings is 2. The van der Waals surface area contributed by atoms with Gasteiger partial charge in [0.15, 0.2) is 13.2 Å². The van der Waals surface area contributed by atoms with E-state index in [1.54, 1.807) is 24.3 Å². The van der Waals surface area contributed by atoms with E-state index in [1.165, 1.54) is 5.56 Å². The predicted molar refractivity (Wildman–Crippen MR) is 104 cm³/mol. The number of rotatable bonds is 6. The molecule has 0 bridgehead atoms. The van der Waals surface area contributed by atoms with E-state index in [-0.39, 0.29) is 18.6 Å². The predicted octanol–water partition coefficient (Wildman–Crippen LogP) is 3.24. The van der Waals surface area contributed by atoms with Gasteiger partial charge in [0.1, 0.15) is 11.5 Å². The Labute approximate surface area is 163 Å². The Hall–Kier alpha value is -2.73. The molecular formula is C20H23ClN2O4. The number of carbonyl (C=O) groups is 2. The van der Waals surface area contributed by atoms with Gasteiger partial charge in [-0.05, 0) is 35.2 Å². The first-order valence-electron chi connectivity index (χ1n) is 8.44. The summed E-state index contributed by atoms with van der Waals surface area (Å²) in [4.78, 5) is 23.5. The third-order valence-electron chi connectivity index (χ3n) is 3.63. The molecule has 0 fully saturated rings. The molecule has 0 aliphatic carbocycles. The van der Waals surface area contributed by atoms with E-state index < -0.39 is 11.8 Å². The number of para-hydroxylation sites is 1. The summed E-state index contributed by atoms with van der Waals surface area (Å²) in [5.74, 6) is -0.0343. The summed E-state index contributed by atoms with van der Waals surface area (Å²) in [6.07, 6.45) is 0. The second kappa shape index (κ2) is 9.28. The molecule has 2 amide bonds. The minimum absolute atomic E-state index is 0.0479. The number of amides is 2. The van der Waals surface area contributed by atoms with E-state index in [9.17, 15) is 9.59 Å². The maximum absolute atomic E-state index is 11.8. The lowest BCUT2D eigenvalue weighted by atomic mass is 9.87. The Morgan fingerprint density at radius 3 is 2.00 bits per heavy atom. The minimum atomic E-state index is -0.516. The fourth-order valence-corrected chi connectivity index (χ4v) is 2.31. The molecule has 2 N–H and O–H groups in total. The third-order valence-corrected chi connectivity index (χ3v) is 3.94. The Bertz CT molecular complexity index is 785. The summed E-state index contributed by atoms with van der Waals surface area (Å²) in [5, 5.41) is 0.403. The van der Waals surface area contributed by atoms with Crippen LogP contribution in [-0.2, 0) is 15.0 Å². The Balaban J connectivity index is 1.70. The molecule has 7 heteroatoms. The van der Waals surface area contributed by atoms with Crippen molar-refractivity contribution in [3.8, 4) is 11.5 Å². The van der Waals surface area contributed by atoms with Gasteiger partial charge in [0.05, 0.1) is 5.02 Å². The first kappa shape index (κ1) is 20.6. The first-order chi connectivity index (χ1) is 12.8. The van der Waals surface area contributed by atoms with Crippen molar-refractivity contribution in [2.75, 3.05) is 13.2 Å². The largest absolute Gasteiger partial charge is 0.484 e. The van der Waals surface area contributed by atoms with Crippen LogP contribution in [0.4, 0.5) is 0 Å². The minimum Gasteiger partial charge on any atom is -0.484 e. The SMILES string of the molecule is CC(C)(C)c1ccc(OCC(=O)NNC(=O)COc2ccccc2Cl)cc1. The normalized spacial score (nSPS) is 10.8. The number of ether oxygens (including phenoxy) is 2. The number of nitrogens with one attached hydrogen (secondary N) is 2. The number of hydrogen-bond acceptors (Lipinski definition) is 4. The molecule has 2 aromatic carbocycles. The summed E-state index contributed by atoms with van der Waals surface area (Å²) in [6.45, 7) is 5.86. The second-order valence-corrected chi connectivity index (χ2v) is 7.29. The highest BCUT2D eigenvalue weighted by atomic mass is 35.5. The van der Waals surface area contributed by atoms with Gasteiger partial charge in [-0.3, -0.25) is 20.4 Å². The fraction of sp³-hybridized carbons (Fsp3) is 0.300. The molecule has 6 nitrogen and oxygen atoms in total. The van der Waals surface area contributed by atoms with Crippen LogP contribution >= 0.6 is 11.6 Å². The van der Waals surface area contributed by atoms with Gasteiger partial charge in [-0.25, -0.2) is 0 Å². The zero-order valence-electron chi connectivity index (χ0n) is 15.5. The quantitative estimate of drug-likeness (QED) is 0.742. The molecule has 27 heavy (non-hydrogen) atoms. The van der Waals surface area contributed by atoms with Crippen LogP contribution in [0.2, 0.25) is 5.02 Å². The van der Waals surface area contributed by atoms with Gasteiger partial charge in [-0.1, -0.05) is 56.6 Å². The second-order valence-electron chi connectivity index (χ2n) is 6.88. The summed E-state index contributed by atoms with van der Waals surface area (Å²) >= 11 is 5.93. The summed E-state index contributed by atoms with van der Waals surface area (Å²) in [6, 6.07) is 14.3. The molecule has 0 saturated heterocycles. The van der Waals surface area contributed by atoms with Crippen molar-refractivity contribution in [2.45, 2.75) is 26.2 Å². The molecular weight excluding hydrogens is 368 g/mol. The maximum Gasteiger partial charge on any atom is 0.276 e. The van der Waals surface area contributed by atoms with Crippen molar-refractivity contribution in [2.24, 2.45) is 0 Å². The van der Waals surface area contributed by atoms with Gasteiger partial charge in [0.2, 0.25) is 0 Å². The molecule has 0 unspecified atom stereocenters. The topological polar surface area (TPSA) is 76.7 Å². The maximum atomic E-state index is 11.8. The smallest absolute Gasteiger partial charge is 0.276 e. The van der Waals surface area contributed by atoms with E-state index in [0.29, 0.717) is 16.5 Å². The Morgan fingerprint density at radius 1 is 0.889 bits per heavy atom. The van der Waals surface area contributed by atoms with E-state index in [1.807, 2.05) is 24.3 Å². The molecule has 2 rings (SSSR count). The Kier molecular flexibility index (Phi) is 7.07. The van der Waals surface area contributed by atoms with E-state index in [2.05, 4.69) is 31.6 Å². The lowest BCUT2D eigenvalue weighted by Gasteiger charge is -2.19. The molecule has 0 heterocycles. The fourth-order valence-electron chi connectivity index (χ4n) is 2.12. The van der Waals surface area contributed by atoms with Crippen LogP contribution in [0.3, 0.4) is 0 Å². The van der Waals surface area contributed by atoms with Crippen LogP contribution in [-0.4, -0.2) is 25.0 Å². The molecule has 2 aromatic rings. The molecule has 0 spiro atoms. The summed E-state index contributed by atoms with van der Waals surface area (Å²) in [5.41, 5.74) is 5.73. The highest BCUT2D eigenvalue weighted by Crippen LogP contribution is 2.24. The van der Waals surface area contributed by atoms with Gasteiger partial charge in [0.25, 0.3) is 11.8 Å². The van der Waals surface area contributed by atoms with Crippen LogP contribution in [0.25, 0.3) is 0 Å². The number of hydrogen-bond donors (Lipinski definition) is 2. The van der Waals surface area contributed by atoms with E-state index in [0.717, 1.165) is 0 Å². The zero-order chi connectivity index (χ0) is 19.9. The average molecular weight is 391 g/mol. The molecule has 0 aromatic heterocycles. The van der Waals surface area contributed by atoms with Crippen LogP contribution < -0.4 is 20.3 Å². The van der Waals surface area contributed by atoms with Crippen molar-refractivity contribution in [3.05, 3.63) is 59.1 Å². The monoisotopic (exact) mass is 390 g/mol. The van der Waals surface area contributed by atoms with E-state index >= 15 is 0 Å². The average Bonchev–Trinajstić information content (AvgIpc) is 2.63. The third kappa shape index (κ3) is 6.83. The molecule has 0 saturated carbocycles. The van der Waals surface area contributed by atoms with Gasteiger partial charge < -0.3 is 9.47 Å². The number of carbonyl (C=O) groups excluding carboxylic acids is 2. The number of hydrazine groups is 1. The molecule has 144 valence electrons. The zero-order valence-corrected chi connectivity index (χ0v) is 16.3. The Morgan fingerprint density at radius 2 is 1.44 bits per heavy atom. The number of halogens is 1. The van der Waals surface area contributed by atoms with Gasteiger partial charge in [0, 0.05) is 0 Å². The molecule has 0 aliphatic heterocycles. The van der Waals surface area contributed by atoms with Crippen LogP contribution in [0, 0.1) is 0 Å². The van der Waals surface area contributed by atoms with Crippen molar-refractivity contribution in [1.82, 2.24) is 10.9 Å². The highest BCUT2D eigenvalue weighted by molar-refractivity contribution is 6.32. The van der Waals surface area contributed by atoms with Crippen molar-refractivity contribution in [1.29, 1.82) is 0 Å². The molecule has 0 radical (unpaired) electrons. The van der Waals surface area contributed by atoms with Gasteiger partial charge in [-0.15, -0.1) is 0 Å². The van der Waals surface area contributed by atoms with Crippen LogP contribution in [0.1, 0.15) is 26.3 Å². The molecule has 0 aliphatic rings. The van der Waals surface area contributed by atoms with Gasteiger partial charge in [-0.2, -0.15) is 0 Å². The lowest BCUT2D eigenvalue weighted by Crippen LogP contribution is -2.45.